The van der Waals surface area contributed by atoms with Crippen molar-refractivity contribution in [2.24, 2.45) is 0 Å². The monoisotopic (exact) mass is 1200 g/mol. The van der Waals surface area contributed by atoms with Crippen LogP contribution < -0.4 is 0 Å². The Morgan fingerprint density at radius 1 is 0.261 bits per heavy atom. The SMILES string of the molecule is CC/C=C\C/C=C\C/C=C\C/C=C\C/C=C\C/C=C\C/C=C\C/C=C\C/C=C\C/C=C\C/C=C\CCCCCCCC(=O)OC(CO)COC(=O)CCCCCCCCCCCC/C=C\C/C=C\C/C=C\C/C=C\C/C=C\C/C=C\C/C=C\C/C=C\CC. The Labute approximate surface area is 541 Å². The summed E-state index contributed by atoms with van der Waals surface area (Å²) in [6.45, 7) is 3.88. The van der Waals surface area contributed by atoms with Crippen molar-refractivity contribution >= 4 is 11.9 Å². The van der Waals surface area contributed by atoms with Gasteiger partial charge in [-0.05, 0) is 161 Å². The summed E-state index contributed by atoms with van der Waals surface area (Å²) in [6, 6.07) is 0. The molecule has 5 nitrogen and oxygen atoms in total. The van der Waals surface area contributed by atoms with Crippen LogP contribution in [-0.4, -0.2) is 36.4 Å². The summed E-state index contributed by atoms with van der Waals surface area (Å²) in [5.41, 5.74) is 0. The van der Waals surface area contributed by atoms with Gasteiger partial charge < -0.3 is 14.6 Å². The molecule has 0 saturated carbocycles. The van der Waals surface area contributed by atoms with Gasteiger partial charge in [-0.3, -0.25) is 9.59 Å². The van der Waals surface area contributed by atoms with Gasteiger partial charge in [0.1, 0.15) is 6.61 Å². The molecule has 0 spiro atoms. The van der Waals surface area contributed by atoms with Crippen molar-refractivity contribution in [2.75, 3.05) is 13.2 Å². The number of rotatable bonds is 61. The third kappa shape index (κ3) is 72.4. The first-order valence-corrected chi connectivity index (χ1v) is 34.9. The highest BCUT2D eigenvalue weighted by molar-refractivity contribution is 5.70. The molecule has 0 aromatic heterocycles. The molecule has 0 rings (SSSR count). The lowest BCUT2D eigenvalue weighted by atomic mass is 10.1. The van der Waals surface area contributed by atoms with Crippen molar-refractivity contribution in [2.45, 2.75) is 264 Å². The zero-order valence-corrected chi connectivity index (χ0v) is 55.9. The van der Waals surface area contributed by atoms with E-state index < -0.39 is 6.10 Å². The lowest BCUT2D eigenvalue weighted by Crippen LogP contribution is -2.28. The van der Waals surface area contributed by atoms with E-state index in [0.717, 1.165) is 180 Å². The van der Waals surface area contributed by atoms with Crippen molar-refractivity contribution in [3.63, 3.8) is 0 Å². The normalized spacial score (nSPS) is 13.7. The van der Waals surface area contributed by atoms with Gasteiger partial charge in [-0.2, -0.15) is 0 Å². The maximum atomic E-state index is 12.4. The Kier molecular flexibility index (Phi) is 70.0. The summed E-state index contributed by atoms with van der Waals surface area (Å²) in [5.74, 6) is -0.633. The standard InChI is InChI=1S/C83H126O5/c1-3-5-7-9-11-13-15-17-19-21-23-25-27-29-31-33-35-37-39-40-41-42-44-46-48-50-52-54-56-58-60-62-64-66-68-70-72-74-76-78-83(86)88-81(79-84)80-87-82(85)77-75-73-71-69-67-65-63-61-59-57-55-53-51-49-47-45-43-38-36-34-32-30-28-26-24-22-20-18-16-14-12-10-8-6-4-2/h5-8,11-14,17-20,23-26,29-32,35-38,40-41,44-47,50-53,56,58,62,64,81,84H,3-4,9-10,15-16,21-22,27-28,33-34,39,42-43,48-49,54-55,57,59-61,63,65-80H2,1-2H3/b7-5-,8-6-,13-11-,14-12-,19-17-,20-18-,25-23-,26-24-,31-29-,32-30-,37-35-,38-36-,41-40-,46-44-,47-45-,52-50-,53-51-,58-56-,64-62-. The second-order valence-corrected chi connectivity index (χ2v) is 22.1. The highest BCUT2D eigenvalue weighted by atomic mass is 16.6. The second kappa shape index (κ2) is 75.2. The first-order valence-electron chi connectivity index (χ1n) is 34.9. The van der Waals surface area contributed by atoms with Crippen LogP contribution in [0, 0.1) is 0 Å². The van der Waals surface area contributed by atoms with E-state index in [4.69, 9.17) is 9.47 Å². The Balaban J connectivity index is 3.65. The van der Waals surface area contributed by atoms with Gasteiger partial charge in [0.05, 0.1) is 6.61 Å². The zero-order valence-electron chi connectivity index (χ0n) is 55.9. The maximum Gasteiger partial charge on any atom is 0.306 e. The molecule has 0 aliphatic heterocycles. The minimum absolute atomic E-state index is 0.0913. The van der Waals surface area contributed by atoms with Gasteiger partial charge in [0.2, 0.25) is 0 Å². The predicted molar refractivity (Wildman–Crippen MR) is 388 cm³/mol. The van der Waals surface area contributed by atoms with Gasteiger partial charge in [0.25, 0.3) is 0 Å². The van der Waals surface area contributed by atoms with E-state index in [9.17, 15) is 14.7 Å². The Hall–Kier alpha value is -6.04. The lowest BCUT2D eigenvalue weighted by Gasteiger charge is -2.15. The van der Waals surface area contributed by atoms with E-state index in [1.165, 1.54) is 51.4 Å². The largest absolute Gasteiger partial charge is 0.462 e. The molecule has 0 bridgehead atoms. The minimum Gasteiger partial charge on any atom is -0.462 e. The Morgan fingerprint density at radius 2 is 0.455 bits per heavy atom. The molecule has 1 unspecified atom stereocenters. The molecule has 488 valence electrons. The van der Waals surface area contributed by atoms with E-state index in [0.29, 0.717) is 12.8 Å². The highest BCUT2D eigenvalue weighted by Gasteiger charge is 2.16. The van der Waals surface area contributed by atoms with Gasteiger partial charge in [-0.1, -0.05) is 315 Å². The van der Waals surface area contributed by atoms with Crippen LogP contribution in [0.25, 0.3) is 0 Å². The van der Waals surface area contributed by atoms with Crippen molar-refractivity contribution in [1.82, 2.24) is 0 Å². The summed E-state index contributed by atoms with van der Waals surface area (Å²) in [4.78, 5) is 24.7. The van der Waals surface area contributed by atoms with E-state index in [1.807, 2.05) is 0 Å². The Bertz CT molecular complexity index is 2150. The number of allylic oxidation sites excluding steroid dienone is 38. The quantitative estimate of drug-likeness (QED) is 0.0373. The van der Waals surface area contributed by atoms with Gasteiger partial charge >= 0.3 is 11.9 Å². The molecule has 0 aromatic rings. The molecular formula is C83H126O5. The van der Waals surface area contributed by atoms with E-state index in [2.05, 4.69) is 245 Å². The fourth-order valence-corrected chi connectivity index (χ4v) is 8.81. The van der Waals surface area contributed by atoms with Gasteiger partial charge in [0, 0.05) is 12.8 Å². The fourth-order valence-electron chi connectivity index (χ4n) is 8.81. The van der Waals surface area contributed by atoms with Crippen LogP contribution in [0.15, 0.2) is 231 Å². The highest BCUT2D eigenvalue weighted by Crippen LogP contribution is 2.14. The first-order chi connectivity index (χ1) is 43.6. The molecule has 0 saturated heterocycles. The lowest BCUT2D eigenvalue weighted by molar-refractivity contribution is -0.161. The third-order valence-corrected chi connectivity index (χ3v) is 14.0. The van der Waals surface area contributed by atoms with E-state index in [1.54, 1.807) is 0 Å². The fraction of sp³-hybridized carbons (Fsp3) is 0.518. The van der Waals surface area contributed by atoms with Crippen molar-refractivity contribution in [3.8, 4) is 0 Å². The summed E-state index contributed by atoms with van der Waals surface area (Å²) in [5, 5.41) is 9.70. The third-order valence-electron chi connectivity index (χ3n) is 14.0. The molecule has 5 heteroatoms. The number of hydrogen-bond donors (Lipinski definition) is 1. The molecule has 0 aliphatic rings. The second-order valence-electron chi connectivity index (χ2n) is 22.1. The van der Waals surface area contributed by atoms with Crippen molar-refractivity contribution in [1.29, 1.82) is 0 Å². The molecule has 0 radical (unpaired) electrons. The van der Waals surface area contributed by atoms with Crippen LogP contribution in [0.5, 0.6) is 0 Å². The first kappa shape index (κ1) is 82.0. The summed E-state index contributed by atoms with van der Waals surface area (Å²) in [7, 11) is 0. The van der Waals surface area contributed by atoms with E-state index in [-0.39, 0.29) is 25.2 Å². The zero-order chi connectivity index (χ0) is 63.3. The predicted octanol–water partition coefficient (Wildman–Crippen LogP) is 24.9. The minimum atomic E-state index is -0.804. The molecule has 0 amide bonds. The number of hydrogen-bond acceptors (Lipinski definition) is 5. The maximum absolute atomic E-state index is 12.4. The number of esters is 2. The molecule has 1 N–H and O–H groups in total. The molecule has 1 atom stereocenters. The number of aliphatic hydroxyl groups excluding tert-OH is 1. The summed E-state index contributed by atoms with van der Waals surface area (Å²) in [6.07, 6.45) is 123. The van der Waals surface area contributed by atoms with Crippen LogP contribution in [0.1, 0.15) is 258 Å². The topological polar surface area (TPSA) is 72.8 Å². The van der Waals surface area contributed by atoms with Gasteiger partial charge in [0.15, 0.2) is 6.10 Å². The summed E-state index contributed by atoms with van der Waals surface area (Å²) >= 11 is 0. The molecule has 0 heterocycles. The van der Waals surface area contributed by atoms with Crippen LogP contribution in [-0.2, 0) is 19.1 Å². The van der Waals surface area contributed by atoms with Crippen LogP contribution in [0.4, 0.5) is 0 Å². The van der Waals surface area contributed by atoms with Crippen LogP contribution in [0.3, 0.4) is 0 Å². The molecule has 0 fully saturated rings. The Morgan fingerprint density at radius 3 is 0.682 bits per heavy atom. The van der Waals surface area contributed by atoms with Crippen molar-refractivity contribution in [3.05, 3.63) is 231 Å². The van der Waals surface area contributed by atoms with Gasteiger partial charge in [-0.15, -0.1) is 0 Å². The number of carbonyl (C=O) groups excluding carboxylic acids is 2. The summed E-state index contributed by atoms with van der Waals surface area (Å²) < 4.78 is 10.7. The molecule has 0 aromatic carbocycles. The molecule has 0 aliphatic carbocycles. The number of carbonyl (C=O) groups is 2. The smallest absolute Gasteiger partial charge is 0.306 e. The average molecular weight is 1200 g/mol. The van der Waals surface area contributed by atoms with Crippen LogP contribution >= 0.6 is 0 Å². The number of aliphatic hydroxyl groups is 1. The molecular weight excluding hydrogens is 1080 g/mol. The van der Waals surface area contributed by atoms with E-state index >= 15 is 0 Å². The number of unbranched alkanes of at least 4 members (excludes halogenated alkanes) is 15. The average Bonchev–Trinajstić information content (AvgIpc) is 3.54. The van der Waals surface area contributed by atoms with Crippen LogP contribution in [0.2, 0.25) is 0 Å². The van der Waals surface area contributed by atoms with Gasteiger partial charge in [-0.25, -0.2) is 0 Å². The molecule has 88 heavy (non-hydrogen) atoms. The van der Waals surface area contributed by atoms with Crippen molar-refractivity contribution < 1.29 is 24.2 Å². The number of ether oxygens (including phenoxy) is 2.